The molecule has 0 spiro atoms. The molecule has 3 amide bonds. The summed E-state index contributed by atoms with van der Waals surface area (Å²) < 4.78 is 0. The molecule has 1 saturated carbocycles. The number of urea groups is 1. The maximum absolute atomic E-state index is 12.2. The van der Waals surface area contributed by atoms with Gasteiger partial charge in [0.2, 0.25) is 0 Å². The maximum Gasteiger partial charge on any atom is 0.327 e. The predicted octanol–water partition coefficient (Wildman–Crippen LogP) is 1.60. The van der Waals surface area contributed by atoms with Gasteiger partial charge in [0.25, 0.3) is 5.91 Å². The molecule has 0 atom stereocenters. The normalized spacial score (nSPS) is 18.9. The van der Waals surface area contributed by atoms with Crippen molar-refractivity contribution in [2.45, 2.75) is 25.8 Å². The zero-order chi connectivity index (χ0) is 14.3. The quantitative estimate of drug-likeness (QED) is 0.618. The Morgan fingerprint density at radius 1 is 1.25 bits per heavy atom. The highest BCUT2D eigenvalue weighted by atomic mass is 16.2. The molecule has 0 unspecified atom stereocenters. The lowest BCUT2D eigenvalue weighted by Gasteiger charge is -2.16. The van der Waals surface area contributed by atoms with Gasteiger partial charge in [-0.25, -0.2) is 4.79 Å². The second kappa shape index (κ2) is 4.74. The average molecular weight is 272 g/mol. The van der Waals surface area contributed by atoms with Gasteiger partial charge in [0, 0.05) is 11.6 Å². The fraction of sp³-hybridized carbons (Fsp3) is 0.400. The number of nitrogens with zero attached hydrogens (tertiary/aromatic N) is 2. The molecule has 3 rings (SSSR count). The molecule has 5 heteroatoms. The number of rotatable bonds is 4. The number of aryl methyl sites for hydroxylation is 1. The van der Waals surface area contributed by atoms with E-state index < -0.39 is 0 Å². The van der Waals surface area contributed by atoms with Gasteiger partial charge in [-0.15, -0.1) is 0 Å². The van der Waals surface area contributed by atoms with Crippen LogP contribution in [0.3, 0.4) is 0 Å². The van der Waals surface area contributed by atoms with Gasteiger partial charge in [-0.2, -0.15) is 0 Å². The zero-order valence-electron chi connectivity index (χ0n) is 11.3. The van der Waals surface area contributed by atoms with Gasteiger partial charge in [-0.05, 0) is 25.3 Å². The van der Waals surface area contributed by atoms with Crippen LogP contribution in [0.4, 0.5) is 4.79 Å². The molecule has 104 valence electrons. The number of amides is 3. The molecule has 2 aliphatic rings. The van der Waals surface area contributed by atoms with E-state index in [1.807, 2.05) is 19.1 Å². The third kappa shape index (κ3) is 2.19. The number of benzene rings is 1. The predicted molar refractivity (Wildman–Crippen MR) is 72.3 cm³/mol. The second-order valence-corrected chi connectivity index (χ2v) is 5.36. The molecule has 1 aromatic carbocycles. The standard InChI is InChI=1S/C15H16N2O3/c1-10-4-2-3-5-12(10)13(18)8-17-14(19)9-16(15(17)20)11-6-7-11/h2-5,11H,6-9H2,1H3. The highest BCUT2D eigenvalue weighted by Gasteiger charge is 2.44. The Kier molecular flexibility index (Phi) is 3.04. The molecule has 2 fully saturated rings. The van der Waals surface area contributed by atoms with Crippen molar-refractivity contribution in [3.8, 4) is 0 Å². The van der Waals surface area contributed by atoms with Crippen molar-refractivity contribution in [1.29, 1.82) is 0 Å². The molecule has 5 nitrogen and oxygen atoms in total. The van der Waals surface area contributed by atoms with Crippen molar-refractivity contribution in [2.75, 3.05) is 13.1 Å². The SMILES string of the molecule is Cc1ccccc1C(=O)CN1C(=O)CN(C2CC2)C1=O. The smallest absolute Gasteiger partial charge is 0.312 e. The van der Waals surface area contributed by atoms with Crippen LogP contribution >= 0.6 is 0 Å². The fourth-order valence-electron chi connectivity index (χ4n) is 2.50. The zero-order valence-corrected chi connectivity index (χ0v) is 11.3. The minimum atomic E-state index is -0.320. The topological polar surface area (TPSA) is 57.7 Å². The Labute approximate surface area is 117 Å². The van der Waals surface area contributed by atoms with Gasteiger partial charge >= 0.3 is 6.03 Å². The second-order valence-electron chi connectivity index (χ2n) is 5.36. The largest absolute Gasteiger partial charge is 0.327 e. The van der Waals surface area contributed by atoms with E-state index in [4.69, 9.17) is 0 Å². The van der Waals surface area contributed by atoms with E-state index >= 15 is 0 Å². The van der Waals surface area contributed by atoms with E-state index in [-0.39, 0.29) is 36.9 Å². The summed E-state index contributed by atoms with van der Waals surface area (Å²) in [6.07, 6.45) is 1.91. The van der Waals surface area contributed by atoms with Crippen LogP contribution in [0.15, 0.2) is 24.3 Å². The lowest BCUT2D eigenvalue weighted by atomic mass is 10.0. The van der Waals surface area contributed by atoms with Gasteiger partial charge in [-0.3, -0.25) is 14.5 Å². The average Bonchev–Trinajstić information content (AvgIpc) is 3.22. The Bertz CT molecular complexity index is 593. The Balaban J connectivity index is 1.74. The fourth-order valence-corrected chi connectivity index (χ4v) is 2.50. The van der Waals surface area contributed by atoms with Crippen LogP contribution in [0.1, 0.15) is 28.8 Å². The molecule has 20 heavy (non-hydrogen) atoms. The first kappa shape index (κ1) is 12.8. The summed E-state index contributed by atoms with van der Waals surface area (Å²) in [5.74, 6) is -0.466. The Morgan fingerprint density at radius 2 is 1.95 bits per heavy atom. The van der Waals surface area contributed by atoms with Crippen molar-refractivity contribution in [3.63, 3.8) is 0 Å². The monoisotopic (exact) mass is 272 g/mol. The van der Waals surface area contributed by atoms with Crippen LogP contribution < -0.4 is 0 Å². The van der Waals surface area contributed by atoms with Crippen LogP contribution in [0.2, 0.25) is 0 Å². The van der Waals surface area contributed by atoms with Gasteiger partial charge in [0.1, 0.15) is 6.54 Å². The molecule has 1 aromatic rings. The minimum absolute atomic E-state index is 0.116. The van der Waals surface area contributed by atoms with Crippen molar-refractivity contribution in [1.82, 2.24) is 9.80 Å². The summed E-state index contributed by atoms with van der Waals surface area (Å²) in [6, 6.07) is 7.08. The lowest BCUT2D eigenvalue weighted by Crippen LogP contribution is -2.37. The summed E-state index contributed by atoms with van der Waals surface area (Å²) in [5.41, 5.74) is 1.42. The summed E-state index contributed by atoms with van der Waals surface area (Å²) in [7, 11) is 0. The van der Waals surface area contributed by atoms with Crippen LogP contribution in [-0.2, 0) is 4.79 Å². The molecule has 0 bridgehead atoms. The number of imide groups is 1. The van der Waals surface area contributed by atoms with E-state index in [0.29, 0.717) is 5.56 Å². The number of carbonyl (C=O) groups excluding carboxylic acids is 3. The van der Waals surface area contributed by atoms with Crippen molar-refractivity contribution in [3.05, 3.63) is 35.4 Å². The van der Waals surface area contributed by atoms with Gasteiger partial charge in [0.05, 0.1) is 6.54 Å². The molecular formula is C15H16N2O3. The Morgan fingerprint density at radius 3 is 2.60 bits per heavy atom. The molecular weight excluding hydrogens is 256 g/mol. The van der Waals surface area contributed by atoms with Crippen LogP contribution in [0.5, 0.6) is 0 Å². The number of Topliss-reactive ketones (excluding diaryl/α,β-unsaturated/α-hetero) is 1. The number of hydrogen-bond donors (Lipinski definition) is 0. The highest BCUT2D eigenvalue weighted by Crippen LogP contribution is 2.30. The number of carbonyl (C=O) groups is 3. The maximum atomic E-state index is 12.2. The first-order valence-corrected chi connectivity index (χ1v) is 6.77. The first-order chi connectivity index (χ1) is 9.58. The summed E-state index contributed by atoms with van der Waals surface area (Å²) in [5, 5.41) is 0. The van der Waals surface area contributed by atoms with Crippen LogP contribution in [-0.4, -0.2) is 46.7 Å². The first-order valence-electron chi connectivity index (χ1n) is 6.77. The van der Waals surface area contributed by atoms with Gasteiger partial charge < -0.3 is 4.90 Å². The third-order valence-corrected chi connectivity index (χ3v) is 3.82. The van der Waals surface area contributed by atoms with E-state index in [9.17, 15) is 14.4 Å². The van der Waals surface area contributed by atoms with Crippen molar-refractivity contribution in [2.24, 2.45) is 0 Å². The van der Waals surface area contributed by atoms with E-state index in [1.54, 1.807) is 17.0 Å². The molecule has 0 radical (unpaired) electrons. The molecule has 1 saturated heterocycles. The van der Waals surface area contributed by atoms with E-state index in [2.05, 4.69) is 0 Å². The van der Waals surface area contributed by atoms with Gasteiger partial charge in [-0.1, -0.05) is 24.3 Å². The molecule has 1 aliphatic carbocycles. The highest BCUT2D eigenvalue weighted by molar-refractivity contribution is 6.08. The number of hydrogen-bond acceptors (Lipinski definition) is 3. The van der Waals surface area contributed by atoms with Crippen molar-refractivity contribution >= 4 is 17.7 Å². The van der Waals surface area contributed by atoms with Crippen molar-refractivity contribution < 1.29 is 14.4 Å². The lowest BCUT2D eigenvalue weighted by molar-refractivity contribution is -0.125. The molecule has 0 aromatic heterocycles. The molecule has 1 heterocycles. The van der Waals surface area contributed by atoms with E-state index in [0.717, 1.165) is 23.3 Å². The van der Waals surface area contributed by atoms with Gasteiger partial charge in [0.15, 0.2) is 5.78 Å². The number of ketones is 1. The molecule has 1 aliphatic heterocycles. The summed E-state index contributed by atoms with van der Waals surface area (Å²) in [6.45, 7) is 1.80. The molecule has 0 N–H and O–H groups in total. The Hall–Kier alpha value is -2.17. The van der Waals surface area contributed by atoms with Crippen LogP contribution in [0, 0.1) is 6.92 Å². The van der Waals surface area contributed by atoms with E-state index in [1.165, 1.54) is 0 Å². The summed E-state index contributed by atoms with van der Waals surface area (Å²) >= 11 is 0. The minimum Gasteiger partial charge on any atom is -0.312 e. The third-order valence-electron chi connectivity index (χ3n) is 3.82. The summed E-state index contributed by atoms with van der Waals surface area (Å²) in [4.78, 5) is 38.9. The van der Waals surface area contributed by atoms with Crippen LogP contribution in [0.25, 0.3) is 0 Å².